The third-order valence-corrected chi connectivity index (χ3v) is 3.72. The highest BCUT2D eigenvalue weighted by molar-refractivity contribution is 7.80. The molecule has 24 heavy (non-hydrogen) atoms. The molecular formula is C16H13Cl2N3O2S. The van der Waals surface area contributed by atoms with Crippen molar-refractivity contribution in [2.45, 2.75) is 6.92 Å². The Hall–Kier alpha value is -2.15. The number of carbonyl (C=O) groups is 2. The van der Waals surface area contributed by atoms with Gasteiger partial charge in [-0.25, -0.2) is 0 Å². The highest BCUT2D eigenvalue weighted by Gasteiger charge is 2.12. The second-order valence-corrected chi connectivity index (χ2v) is 6.11. The molecule has 2 rings (SSSR count). The molecule has 0 unspecified atom stereocenters. The van der Waals surface area contributed by atoms with Crippen molar-refractivity contribution >= 4 is 52.3 Å². The summed E-state index contributed by atoms with van der Waals surface area (Å²) in [6.45, 7) is 1.88. The van der Waals surface area contributed by atoms with Crippen LogP contribution in [0.25, 0.3) is 0 Å². The summed E-state index contributed by atoms with van der Waals surface area (Å²) < 4.78 is 0. The van der Waals surface area contributed by atoms with Gasteiger partial charge < -0.3 is 0 Å². The number of thiocarbonyl (C=S) groups is 1. The standard InChI is InChI=1S/C16H13Cl2N3O2S/c1-9-3-2-4-10(7-9)14(22)19-16(24)21-20-15(23)12-6-5-11(17)8-13(12)18/h2-8H,1H3,(H,20,23)(H2,19,21,22,24). The maximum absolute atomic E-state index is 12.0. The van der Waals surface area contributed by atoms with Crippen LogP contribution in [-0.4, -0.2) is 16.9 Å². The third-order valence-electron chi connectivity index (χ3n) is 2.97. The first-order valence-corrected chi connectivity index (χ1v) is 7.96. The summed E-state index contributed by atoms with van der Waals surface area (Å²) in [7, 11) is 0. The molecule has 0 saturated heterocycles. The Bertz CT molecular complexity index is 812. The van der Waals surface area contributed by atoms with E-state index in [9.17, 15) is 9.59 Å². The number of rotatable bonds is 2. The minimum Gasteiger partial charge on any atom is -0.298 e. The first-order valence-electron chi connectivity index (χ1n) is 6.80. The fourth-order valence-electron chi connectivity index (χ4n) is 1.85. The van der Waals surface area contributed by atoms with Gasteiger partial charge in [0, 0.05) is 10.6 Å². The molecular weight excluding hydrogens is 369 g/mol. The van der Waals surface area contributed by atoms with E-state index in [1.54, 1.807) is 24.3 Å². The zero-order valence-corrected chi connectivity index (χ0v) is 14.9. The fourth-order valence-corrected chi connectivity index (χ4v) is 2.49. The van der Waals surface area contributed by atoms with Gasteiger partial charge >= 0.3 is 0 Å². The number of carbonyl (C=O) groups excluding carboxylic acids is 2. The van der Waals surface area contributed by atoms with E-state index in [1.807, 2.05) is 13.0 Å². The van der Waals surface area contributed by atoms with Crippen molar-refractivity contribution in [1.29, 1.82) is 0 Å². The van der Waals surface area contributed by atoms with Crippen LogP contribution < -0.4 is 16.2 Å². The molecule has 0 atom stereocenters. The maximum Gasteiger partial charge on any atom is 0.271 e. The summed E-state index contributed by atoms with van der Waals surface area (Å²) in [6, 6.07) is 11.5. The molecule has 5 nitrogen and oxygen atoms in total. The van der Waals surface area contributed by atoms with Crippen molar-refractivity contribution in [1.82, 2.24) is 16.2 Å². The lowest BCUT2D eigenvalue weighted by atomic mass is 10.1. The molecule has 0 spiro atoms. The molecule has 2 aromatic rings. The van der Waals surface area contributed by atoms with Crippen LogP contribution in [-0.2, 0) is 0 Å². The Morgan fingerprint density at radius 2 is 1.75 bits per heavy atom. The monoisotopic (exact) mass is 381 g/mol. The van der Waals surface area contributed by atoms with E-state index in [0.29, 0.717) is 10.6 Å². The fraction of sp³-hybridized carbons (Fsp3) is 0.0625. The summed E-state index contributed by atoms with van der Waals surface area (Å²) in [5.41, 5.74) is 6.44. The molecule has 0 bridgehead atoms. The van der Waals surface area contributed by atoms with E-state index >= 15 is 0 Å². The van der Waals surface area contributed by atoms with Crippen molar-refractivity contribution in [2.75, 3.05) is 0 Å². The highest BCUT2D eigenvalue weighted by Crippen LogP contribution is 2.20. The van der Waals surface area contributed by atoms with Crippen LogP contribution in [0.15, 0.2) is 42.5 Å². The number of benzene rings is 2. The molecule has 0 heterocycles. The van der Waals surface area contributed by atoms with Gasteiger partial charge in [-0.05, 0) is 49.5 Å². The quantitative estimate of drug-likeness (QED) is 0.551. The van der Waals surface area contributed by atoms with E-state index in [4.69, 9.17) is 35.4 Å². The Morgan fingerprint density at radius 1 is 1.00 bits per heavy atom. The lowest BCUT2D eigenvalue weighted by Gasteiger charge is -2.11. The van der Waals surface area contributed by atoms with Crippen LogP contribution in [0, 0.1) is 6.92 Å². The van der Waals surface area contributed by atoms with Crippen LogP contribution in [0.4, 0.5) is 0 Å². The Balaban J connectivity index is 1.91. The summed E-state index contributed by atoms with van der Waals surface area (Å²) in [5.74, 6) is -0.890. The van der Waals surface area contributed by atoms with Gasteiger partial charge in [-0.1, -0.05) is 40.9 Å². The summed E-state index contributed by atoms with van der Waals surface area (Å²) in [6.07, 6.45) is 0. The third kappa shape index (κ3) is 4.92. The normalized spacial score (nSPS) is 9.96. The van der Waals surface area contributed by atoms with E-state index < -0.39 is 5.91 Å². The molecule has 0 aromatic heterocycles. The molecule has 8 heteroatoms. The van der Waals surface area contributed by atoms with Crippen LogP contribution in [0.3, 0.4) is 0 Å². The SMILES string of the molecule is Cc1cccc(C(=O)NC(=S)NNC(=O)c2ccc(Cl)cc2Cl)c1. The van der Waals surface area contributed by atoms with Crippen LogP contribution >= 0.6 is 35.4 Å². The highest BCUT2D eigenvalue weighted by atomic mass is 35.5. The molecule has 0 aliphatic carbocycles. The number of hydrogen-bond donors (Lipinski definition) is 3. The van der Waals surface area contributed by atoms with E-state index in [0.717, 1.165) is 5.56 Å². The number of nitrogens with one attached hydrogen (secondary N) is 3. The second kappa shape index (κ2) is 8.10. The lowest BCUT2D eigenvalue weighted by Crippen LogP contribution is -2.48. The average Bonchev–Trinajstić information content (AvgIpc) is 2.52. The maximum atomic E-state index is 12.0. The summed E-state index contributed by atoms with van der Waals surface area (Å²) >= 11 is 16.7. The van der Waals surface area contributed by atoms with Crippen molar-refractivity contribution in [3.05, 3.63) is 69.2 Å². The number of hydrazine groups is 1. The first-order chi connectivity index (χ1) is 11.4. The minimum atomic E-state index is -0.510. The van der Waals surface area contributed by atoms with Gasteiger partial charge in [0.1, 0.15) is 0 Å². The van der Waals surface area contributed by atoms with E-state index in [2.05, 4.69) is 16.2 Å². The van der Waals surface area contributed by atoms with Crippen molar-refractivity contribution < 1.29 is 9.59 Å². The molecule has 0 aliphatic rings. The van der Waals surface area contributed by atoms with Gasteiger partial charge in [0.05, 0.1) is 10.6 Å². The number of amides is 2. The Morgan fingerprint density at radius 3 is 2.42 bits per heavy atom. The number of hydrogen-bond acceptors (Lipinski definition) is 3. The number of halogens is 2. The predicted molar refractivity (Wildman–Crippen MR) is 98.3 cm³/mol. The molecule has 0 fully saturated rings. The van der Waals surface area contributed by atoms with Crippen LogP contribution in [0.2, 0.25) is 10.0 Å². The molecule has 3 N–H and O–H groups in total. The lowest BCUT2D eigenvalue weighted by molar-refractivity contribution is 0.0934. The van der Waals surface area contributed by atoms with Gasteiger partial charge in [0.15, 0.2) is 5.11 Å². The van der Waals surface area contributed by atoms with Crippen LogP contribution in [0.5, 0.6) is 0 Å². The number of aryl methyl sites for hydroxylation is 1. The Labute approximate surface area is 154 Å². The van der Waals surface area contributed by atoms with Gasteiger partial charge in [-0.15, -0.1) is 0 Å². The minimum absolute atomic E-state index is 0.0417. The first kappa shape index (κ1) is 18.2. The van der Waals surface area contributed by atoms with Crippen molar-refractivity contribution in [2.24, 2.45) is 0 Å². The zero-order valence-electron chi connectivity index (χ0n) is 12.5. The smallest absolute Gasteiger partial charge is 0.271 e. The van der Waals surface area contributed by atoms with Crippen LogP contribution in [0.1, 0.15) is 26.3 Å². The molecule has 2 aromatic carbocycles. The molecule has 0 radical (unpaired) electrons. The van der Waals surface area contributed by atoms with Gasteiger partial charge in [0.2, 0.25) is 0 Å². The van der Waals surface area contributed by atoms with Gasteiger partial charge in [-0.2, -0.15) is 0 Å². The summed E-state index contributed by atoms with van der Waals surface area (Å²) in [4.78, 5) is 24.0. The predicted octanol–water partition coefficient (Wildman–Crippen LogP) is 3.25. The molecule has 124 valence electrons. The molecule has 2 amide bonds. The molecule has 0 saturated carbocycles. The topological polar surface area (TPSA) is 70.2 Å². The van der Waals surface area contributed by atoms with E-state index in [-0.39, 0.29) is 21.6 Å². The van der Waals surface area contributed by atoms with Crippen molar-refractivity contribution in [3.8, 4) is 0 Å². The summed E-state index contributed by atoms with van der Waals surface area (Å²) in [5, 5.41) is 3.05. The molecule has 0 aliphatic heterocycles. The van der Waals surface area contributed by atoms with Crippen molar-refractivity contribution in [3.63, 3.8) is 0 Å². The van der Waals surface area contributed by atoms with E-state index in [1.165, 1.54) is 12.1 Å². The largest absolute Gasteiger partial charge is 0.298 e. The van der Waals surface area contributed by atoms with Gasteiger partial charge in [0.25, 0.3) is 11.8 Å². The van der Waals surface area contributed by atoms with Gasteiger partial charge in [-0.3, -0.25) is 25.8 Å². The Kier molecular flexibility index (Phi) is 6.14. The zero-order chi connectivity index (χ0) is 17.7. The second-order valence-electron chi connectivity index (χ2n) is 4.86. The average molecular weight is 382 g/mol.